The van der Waals surface area contributed by atoms with E-state index < -0.39 is 0 Å². The van der Waals surface area contributed by atoms with Crippen molar-refractivity contribution in [3.05, 3.63) is 0 Å². The van der Waals surface area contributed by atoms with Gasteiger partial charge < -0.3 is 14.1 Å². The molecule has 4 heavy (non-hydrogen) atoms. The minimum Gasteiger partial charge on any atom is -1.00 e. The third-order valence-corrected chi connectivity index (χ3v) is 0. The van der Waals surface area contributed by atoms with Crippen LogP contribution in [0.15, 0.2) is 0 Å². The molecule has 0 unspecified atom stereocenters. The van der Waals surface area contributed by atoms with Crippen LogP contribution in [0.25, 0.3) is 0 Å². The standard InChI is InChI=1S/Bk.3FH/h;3*1H/p-3/i1+2;;;. The van der Waals surface area contributed by atoms with Crippen molar-refractivity contribution in [3.63, 3.8) is 0 Å². The Labute approximate surface area is 15.6 Å². The van der Waals surface area contributed by atoms with Gasteiger partial charge in [0.15, 0.2) is 0 Å². The molecule has 0 bridgehead atoms. The van der Waals surface area contributed by atoms with E-state index in [2.05, 4.69) is 0 Å². The van der Waals surface area contributed by atoms with E-state index in [0.29, 0.717) is 0 Å². The first-order valence-electron chi connectivity index (χ1n) is 0. The van der Waals surface area contributed by atoms with Gasteiger partial charge in [0.2, 0.25) is 0 Å². The Morgan fingerprint density at radius 2 is 0.500 bits per heavy atom. The summed E-state index contributed by atoms with van der Waals surface area (Å²) in [4.78, 5) is 0. The van der Waals surface area contributed by atoms with Gasteiger partial charge >= 0.3 is 0 Å². The molecule has 0 N–H and O–H groups in total. The van der Waals surface area contributed by atoms with Crippen LogP contribution in [0.5, 0.6) is 0 Å². The van der Waals surface area contributed by atoms with Crippen molar-refractivity contribution in [2.45, 2.75) is 0 Å². The molecule has 0 aromatic rings. The van der Waals surface area contributed by atoms with Gasteiger partial charge in [-0.25, -0.2) is 0 Å². The fraction of sp³-hybridized carbons (Fsp3) is 0. The van der Waals surface area contributed by atoms with Gasteiger partial charge in [-0.2, -0.15) is 0 Å². The Morgan fingerprint density at radius 3 is 0.500 bits per heavy atom. The summed E-state index contributed by atoms with van der Waals surface area (Å²) < 4.78 is 0. The zero-order valence-electron chi connectivity index (χ0n) is 1.47. The number of hydrogen-bond acceptors (Lipinski definition) is 0. The maximum Gasteiger partial charge on any atom is 0 e. The molecule has 0 amide bonds. The molecule has 0 aromatic heterocycles. The van der Waals surface area contributed by atoms with Crippen molar-refractivity contribution >= 4 is 0 Å². The summed E-state index contributed by atoms with van der Waals surface area (Å²) in [5.74, 6) is 0. The fourth-order valence-corrected chi connectivity index (χ4v) is 0. The molecule has 0 saturated heterocycles. The van der Waals surface area contributed by atoms with Crippen molar-refractivity contribution in [1.29, 1.82) is 0 Å². The first-order valence-corrected chi connectivity index (χ1v) is 0. The van der Waals surface area contributed by atoms with Crippen molar-refractivity contribution in [1.82, 2.24) is 0 Å². The Balaban J connectivity index is 0. The topological polar surface area (TPSA) is 0 Å². The molecule has 1 radical (unpaired) electrons. The predicted octanol–water partition coefficient (Wildman–Crippen LogP) is -8.99. The van der Waals surface area contributed by atoms with E-state index in [9.17, 15) is 0 Å². The Hall–Kier alpha value is -1.21. The van der Waals surface area contributed by atoms with Crippen molar-refractivity contribution < 1.29 is 14.1 Å². The van der Waals surface area contributed by atoms with Crippen LogP contribution in [0.4, 0.5) is 0 Å². The maximum atomic E-state index is 0. The van der Waals surface area contributed by atoms with Gasteiger partial charge in [-0.3, -0.25) is 0 Å². The van der Waals surface area contributed by atoms with Crippen LogP contribution < -0.4 is 14.1 Å². The van der Waals surface area contributed by atoms with E-state index in [1.54, 1.807) is 0 Å². The summed E-state index contributed by atoms with van der Waals surface area (Å²) in [7, 11) is 0. The van der Waals surface area contributed by atoms with E-state index in [1.165, 1.54) is 0 Å². The monoisotopic (exact) mass is 306 g/mol. The molecule has 33 valence electrons. The number of rotatable bonds is 0. The second-order valence-electron chi connectivity index (χ2n) is 0. The van der Waals surface area contributed by atoms with Crippen LogP contribution in [-0.2, 0) is 0 Å². The van der Waals surface area contributed by atoms with E-state index >= 15 is 0 Å². The molecule has 0 spiro atoms. The van der Waals surface area contributed by atoms with Crippen molar-refractivity contribution in [2.75, 3.05) is 0 Å². The minimum atomic E-state index is 0. The minimum absolute atomic E-state index is 0. The summed E-state index contributed by atoms with van der Waals surface area (Å²) in [6, 6.07) is 0. The van der Waals surface area contributed by atoms with Gasteiger partial charge in [0, 0.05) is 0 Å². The zero-order chi connectivity index (χ0) is 0. The van der Waals surface area contributed by atoms with Gasteiger partial charge in [-0.05, 0) is 0 Å². The smallest absolute Gasteiger partial charge is 0 e. The summed E-state index contributed by atoms with van der Waals surface area (Å²) in [6.45, 7) is 0. The zero-order valence-corrected chi connectivity index (χ0v) is 4.24. The fourth-order valence-electron chi connectivity index (χ4n) is 0. The molecule has 0 aliphatic heterocycles. The van der Waals surface area contributed by atoms with Gasteiger partial charge in [0.1, 0.15) is 0 Å². The number of halogens is 3. The maximum absolute atomic E-state index is 0. The van der Waals surface area contributed by atoms with Crippen LogP contribution in [0.3, 0.4) is 0 Å². The molecule has 0 heterocycles. The largest absolute Gasteiger partial charge is 1.00 e. The molecule has 0 aliphatic rings. The molecule has 0 fully saturated rings. The molecular weight excluding hydrogens is 306 g/mol. The van der Waals surface area contributed by atoms with Crippen LogP contribution in [0.1, 0.15) is 0 Å². The summed E-state index contributed by atoms with van der Waals surface area (Å²) >= 11 is 0. The molecule has 0 atom stereocenters. The van der Waals surface area contributed by atoms with E-state index in [4.69, 9.17) is 0 Å². The molecule has 0 saturated carbocycles. The first kappa shape index (κ1) is 6.11. The molecule has 0 nitrogen and oxygen atoms in total. The van der Waals surface area contributed by atoms with Crippen molar-refractivity contribution in [3.8, 4) is 0 Å². The summed E-state index contributed by atoms with van der Waals surface area (Å²) in [6.07, 6.45) is 0. The Bertz CT molecular complexity index is 3.25. The molecule has 0 aliphatic carbocycles. The van der Waals surface area contributed by atoms with Gasteiger partial charge in [0.05, 0.1) is 0 Å². The molecule has 4 heteroatoms. The van der Waals surface area contributed by atoms with Crippen molar-refractivity contribution in [2.24, 2.45) is 0 Å². The molecule has 0 aromatic carbocycles. The summed E-state index contributed by atoms with van der Waals surface area (Å²) in [5.41, 5.74) is 0. The van der Waals surface area contributed by atoms with E-state index in [0.717, 1.165) is 0 Å². The van der Waals surface area contributed by atoms with Crippen LogP contribution >= 0.6 is 0 Å². The van der Waals surface area contributed by atoms with E-state index in [1.807, 2.05) is 0 Å². The van der Waals surface area contributed by atoms with Crippen LogP contribution in [0.2, 0.25) is 0 Å². The third-order valence-electron chi connectivity index (χ3n) is 0. The first-order chi connectivity index (χ1) is 0. The van der Waals surface area contributed by atoms with Crippen LogP contribution in [-0.4, -0.2) is 0 Å². The third kappa shape index (κ3) is 0.0238. The van der Waals surface area contributed by atoms with Gasteiger partial charge in [0.25, 0.3) is 0 Å². The summed E-state index contributed by atoms with van der Waals surface area (Å²) in [5, 5.41) is 0. The predicted molar refractivity (Wildman–Crippen MR) is 0 cm³/mol. The normalized spacial score (nSPS) is 0. The second kappa shape index (κ2) is 0.763. The second-order valence-corrected chi connectivity index (χ2v) is 0. The average Bonchev–Trinajstić information content (AvgIpc) is 0. The van der Waals surface area contributed by atoms with E-state index in [-0.39, 0.29) is 14.1 Å². The molecular formula is BkF3-3. The Kier molecular flexibility index (Phi) is 1.16. The SMILES string of the molecule is [249Bk].[F-].[F-].[F-]. The molecule has 0 rings (SSSR count). The van der Waals surface area contributed by atoms with Crippen LogP contribution in [0, 0.1) is 0 Å². The van der Waals surface area contributed by atoms with Gasteiger partial charge in [-0.1, -0.05) is 0 Å². The quantitative estimate of drug-likeness (QED) is 0.417. The van der Waals surface area contributed by atoms with Gasteiger partial charge in [-0.15, -0.1) is 0 Å². The average molecular weight is 306 g/mol. The Morgan fingerprint density at radius 1 is 0.500 bits per heavy atom. The number of hydrogen-bond donors (Lipinski definition) is 0.